The van der Waals surface area contributed by atoms with Gasteiger partial charge in [-0.3, -0.25) is 9.59 Å². The molecule has 0 radical (unpaired) electrons. The molecule has 0 aliphatic heterocycles. The van der Waals surface area contributed by atoms with E-state index in [1.54, 1.807) is 0 Å². The van der Waals surface area contributed by atoms with Crippen molar-refractivity contribution in [2.45, 2.75) is 33.6 Å². The highest BCUT2D eigenvalue weighted by molar-refractivity contribution is 5.87. The predicted octanol–water partition coefficient (Wildman–Crippen LogP) is 2.27. The summed E-state index contributed by atoms with van der Waals surface area (Å²) in [6, 6.07) is 8.03. The molecule has 1 aromatic rings. The van der Waals surface area contributed by atoms with Crippen molar-refractivity contribution >= 4 is 11.7 Å². The number of nitrogens with one attached hydrogen (secondary N) is 1. The smallest absolute Gasteiger partial charge is 0.220 e. The topological polar surface area (TPSA) is 46.2 Å². The molecule has 18 heavy (non-hydrogen) atoms. The first-order valence-electron chi connectivity index (χ1n) is 6.34. The van der Waals surface area contributed by atoms with Gasteiger partial charge >= 0.3 is 0 Å². The maximum absolute atomic E-state index is 11.6. The van der Waals surface area contributed by atoms with Gasteiger partial charge in [-0.25, -0.2) is 0 Å². The van der Waals surface area contributed by atoms with E-state index in [9.17, 15) is 9.59 Å². The zero-order valence-corrected chi connectivity index (χ0v) is 11.3. The summed E-state index contributed by atoms with van der Waals surface area (Å²) >= 11 is 0. The molecular weight excluding hydrogens is 226 g/mol. The zero-order chi connectivity index (χ0) is 13.5. The van der Waals surface area contributed by atoms with E-state index >= 15 is 0 Å². The number of carbonyl (C=O) groups is 2. The third-order valence-corrected chi connectivity index (χ3v) is 2.99. The standard InChI is InChI=1S/C15H21NO2/c1-11(2)14(17)10-16-15(18)9-8-13-7-5-4-6-12(13)3/h4-7,11H,8-10H2,1-3H3,(H,16,18). The lowest BCUT2D eigenvalue weighted by molar-refractivity contribution is -0.126. The number of Topliss-reactive ketones (excluding diaryl/α,β-unsaturated/α-hetero) is 1. The van der Waals surface area contributed by atoms with Crippen molar-refractivity contribution in [2.75, 3.05) is 6.54 Å². The van der Waals surface area contributed by atoms with E-state index < -0.39 is 0 Å². The van der Waals surface area contributed by atoms with Crippen LogP contribution in [0.3, 0.4) is 0 Å². The van der Waals surface area contributed by atoms with E-state index in [0.29, 0.717) is 12.8 Å². The third-order valence-electron chi connectivity index (χ3n) is 2.99. The fourth-order valence-electron chi connectivity index (χ4n) is 1.62. The molecule has 0 unspecified atom stereocenters. The molecule has 1 rings (SSSR count). The van der Waals surface area contributed by atoms with E-state index in [-0.39, 0.29) is 24.2 Å². The number of aryl methyl sites for hydroxylation is 2. The maximum atomic E-state index is 11.6. The van der Waals surface area contributed by atoms with Crippen molar-refractivity contribution in [3.05, 3.63) is 35.4 Å². The van der Waals surface area contributed by atoms with Gasteiger partial charge in [-0.05, 0) is 24.5 Å². The number of hydrogen-bond donors (Lipinski definition) is 1. The first kappa shape index (κ1) is 14.4. The van der Waals surface area contributed by atoms with E-state index in [1.807, 2.05) is 45.0 Å². The van der Waals surface area contributed by atoms with Crippen LogP contribution < -0.4 is 5.32 Å². The highest BCUT2D eigenvalue weighted by Gasteiger charge is 2.09. The number of hydrogen-bond acceptors (Lipinski definition) is 2. The molecule has 3 heteroatoms. The Kier molecular flexibility index (Phi) is 5.56. The molecular formula is C15H21NO2. The normalized spacial score (nSPS) is 10.4. The number of amides is 1. The van der Waals surface area contributed by atoms with Gasteiger partial charge in [0.15, 0.2) is 5.78 Å². The Morgan fingerprint density at radius 3 is 2.50 bits per heavy atom. The van der Waals surface area contributed by atoms with E-state index in [2.05, 4.69) is 5.32 Å². The monoisotopic (exact) mass is 247 g/mol. The van der Waals surface area contributed by atoms with Crippen molar-refractivity contribution in [3.63, 3.8) is 0 Å². The summed E-state index contributed by atoms with van der Waals surface area (Å²) in [5.74, 6) is -0.0202. The first-order chi connectivity index (χ1) is 8.50. The molecule has 0 saturated heterocycles. The van der Waals surface area contributed by atoms with Gasteiger partial charge in [0.2, 0.25) is 5.91 Å². The van der Waals surface area contributed by atoms with Crippen LogP contribution in [0.15, 0.2) is 24.3 Å². The van der Waals surface area contributed by atoms with Crippen LogP contribution in [0.2, 0.25) is 0 Å². The van der Waals surface area contributed by atoms with Gasteiger partial charge in [-0.1, -0.05) is 38.1 Å². The molecule has 0 aliphatic carbocycles. The lowest BCUT2D eigenvalue weighted by atomic mass is 10.0. The van der Waals surface area contributed by atoms with Gasteiger partial charge in [0.1, 0.15) is 0 Å². The van der Waals surface area contributed by atoms with Crippen LogP contribution in [0.25, 0.3) is 0 Å². The molecule has 3 nitrogen and oxygen atoms in total. The van der Waals surface area contributed by atoms with Crippen LogP contribution in [-0.4, -0.2) is 18.2 Å². The van der Waals surface area contributed by atoms with Crippen molar-refractivity contribution in [1.29, 1.82) is 0 Å². The maximum Gasteiger partial charge on any atom is 0.220 e. The second-order valence-corrected chi connectivity index (χ2v) is 4.82. The average molecular weight is 247 g/mol. The van der Waals surface area contributed by atoms with Gasteiger partial charge in [-0.2, -0.15) is 0 Å². The fourth-order valence-corrected chi connectivity index (χ4v) is 1.62. The van der Waals surface area contributed by atoms with Crippen LogP contribution in [0.5, 0.6) is 0 Å². The minimum absolute atomic E-state index is 0.0262. The molecule has 1 N–H and O–H groups in total. The molecule has 0 aromatic heterocycles. The van der Waals surface area contributed by atoms with Crippen LogP contribution in [0.1, 0.15) is 31.4 Å². The lowest BCUT2D eigenvalue weighted by Gasteiger charge is -2.07. The minimum Gasteiger partial charge on any atom is -0.349 e. The summed E-state index contributed by atoms with van der Waals surface area (Å²) < 4.78 is 0. The molecule has 0 aliphatic rings. The van der Waals surface area contributed by atoms with E-state index in [1.165, 1.54) is 11.1 Å². The third kappa shape index (κ3) is 4.70. The van der Waals surface area contributed by atoms with Crippen molar-refractivity contribution < 1.29 is 9.59 Å². The Morgan fingerprint density at radius 2 is 1.89 bits per heavy atom. The van der Waals surface area contributed by atoms with E-state index in [4.69, 9.17) is 0 Å². The van der Waals surface area contributed by atoms with Crippen molar-refractivity contribution in [3.8, 4) is 0 Å². The largest absolute Gasteiger partial charge is 0.349 e. The number of ketones is 1. The predicted molar refractivity (Wildman–Crippen MR) is 72.4 cm³/mol. The SMILES string of the molecule is Cc1ccccc1CCC(=O)NCC(=O)C(C)C. The van der Waals surface area contributed by atoms with Gasteiger partial charge < -0.3 is 5.32 Å². The lowest BCUT2D eigenvalue weighted by Crippen LogP contribution is -2.31. The highest BCUT2D eigenvalue weighted by atomic mass is 16.2. The molecule has 0 heterocycles. The number of carbonyl (C=O) groups excluding carboxylic acids is 2. The fraction of sp³-hybridized carbons (Fsp3) is 0.467. The minimum atomic E-state index is -0.0627. The van der Waals surface area contributed by atoms with Gasteiger partial charge in [0, 0.05) is 12.3 Å². The quantitative estimate of drug-likeness (QED) is 0.838. The molecule has 1 aromatic carbocycles. The molecule has 0 bridgehead atoms. The zero-order valence-electron chi connectivity index (χ0n) is 11.3. The Balaban J connectivity index is 2.34. The summed E-state index contributed by atoms with van der Waals surface area (Å²) in [6.07, 6.45) is 1.14. The molecule has 98 valence electrons. The van der Waals surface area contributed by atoms with Crippen molar-refractivity contribution in [2.24, 2.45) is 5.92 Å². The van der Waals surface area contributed by atoms with Gasteiger partial charge in [0.05, 0.1) is 6.54 Å². The Hall–Kier alpha value is -1.64. The van der Waals surface area contributed by atoms with Crippen LogP contribution in [0, 0.1) is 12.8 Å². The summed E-state index contributed by atoms with van der Waals surface area (Å²) in [5, 5.41) is 2.66. The molecule has 0 atom stereocenters. The van der Waals surface area contributed by atoms with Crippen LogP contribution in [0.4, 0.5) is 0 Å². The van der Waals surface area contributed by atoms with Crippen LogP contribution in [-0.2, 0) is 16.0 Å². The second-order valence-electron chi connectivity index (χ2n) is 4.82. The first-order valence-corrected chi connectivity index (χ1v) is 6.34. The molecule has 0 fully saturated rings. The van der Waals surface area contributed by atoms with Crippen molar-refractivity contribution in [1.82, 2.24) is 5.32 Å². The molecule has 0 saturated carbocycles. The number of rotatable bonds is 6. The second kappa shape index (κ2) is 6.94. The Bertz CT molecular complexity index is 424. The highest BCUT2D eigenvalue weighted by Crippen LogP contribution is 2.09. The molecule has 0 spiro atoms. The summed E-state index contributed by atoms with van der Waals surface area (Å²) in [4.78, 5) is 23.0. The summed E-state index contributed by atoms with van der Waals surface area (Å²) in [7, 11) is 0. The van der Waals surface area contributed by atoms with Gasteiger partial charge in [-0.15, -0.1) is 0 Å². The van der Waals surface area contributed by atoms with Crippen LogP contribution >= 0.6 is 0 Å². The number of benzene rings is 1. The Labute approximate surface area is 109 Å². The Morgan fingerprint density at radius 1 is 1.22 bits per heavy atom. The average Bonchev–Trinajstić information content (AvgIpc) is 2.34. The van der Waals surface area contributed by atoms with E-state index in [0.717, 1.165) is 0 Å². The summed E-state index contributed by atoms with van der Waals surface area (Å²) in [6.45, 7) is 5.85. The summed E-state index contributed by atoms with van der Waals surface area (Å²) in [5.41, 5.74) is 2.38. The molecule has 1 amide bonds. The van der Waals surface area contributed by atoms with Gasteiger partial charge in [0.25, 0.3) is 0 Å².